The summed E-state index contributed by atoms with van der Waals surface area (Å²) in [7, 11) is 0. The molecule has 0 heterocycles. The molecule has 0 aliphatic carbocycles. The second-order valence-corrected chi connectivity index (χ2v) is 3.53. The van der Waals surface area contributed by atoms with Gasteiger partial charge in [-0.3, -0.25) is 4.79 Å². The fourth-order valence-corrected chi connectivity index (χ4v) is 1.45. The van der Waals surface area contributed by atoms with Crippen molar-refractivity contribution < 1.29 is 4.79 Å². The molecule has 0 atom stereocenters. The topological polar surface area (TPSA) is 17.1 Å². The number of hydrogen-bond donors (Lipinski definition) is 0. The molecule has 0 radical (unpaired) electrons. The van der Waals surface area contributed by atoms with Gasteiger partial charge >= 0.3 is 0 Å². The van der Waals surface area contributed by atoms with Crippen LogP contribution in [0.1, 0.15) is 40.4 Å². The lowest BCUT2D eigenvalue weighted by molar-refractivity contribution is 0.0987. The smallest absolute Gasteiger partial charge is 0.162 e. The van der Waals surface area contributed by atoms with Gasteiger partial charge in [-0.15, -0.1) is 0 Å². The Labute approximate surface area is 79.8 Å². The Kier molecular flexibility index (Phi) is 2.86. The summed E-state index contributed by atoms with van der Waals surface area (Å²) in [5.41, 5.74) is 4.42. The minimum absolute atomic E-state index is 0.237. The minimum Gasteiger partial charge on any atom is -0.294 e. The summed E-state index contributed by atoms with van der Waals surface area (Å²) in [4.78, 5) is 11.5. The van der Waals surface area contributed by atoms with E-state index in [1.54, 1.807) is 0 Å². The molecule has 0 saturated carbocycles. The maximum atomic E-state index is 11.5. The molecule has 0 aliphatic heterocycles. The lowest BCUT2D eigenvalue weighted by Crippen LogP contribution is -2.01. The molecule has 0 amide bonds. The van der Waals surface area contributed by atoms with Gasteiger partial charge in [0.2, 0.25) is 0 Å². The number of hydrogen-bond acceptors (Lipinski definition) is 1. The van der Waals surface area contributed by atoms with Crippen molar-refractivity contribution in [1.29, 1.82) is 0 Å². The lowest BCUT2D eigenvalue weighted by atomic mass is 9.97. The minimum atomic E-state index is 0.237. The van der Waals surface area contributed by atoms with Crippen LogP contribution in [0, 0.1) is 20.8 Å². The van der Waals surface area contributed by atoms with E-state index in [4.69, 9.17) is 0 Å². The van der Waals surface area contributed by atoms with Crippen LogP contribution in [-0.4, -0.2) is 5.78 Å². The van der Waals surface area contributed by atoms with Crippen LogP contribution in [-0.2, 0) is 0 Å². The quantitative estimate of drug-likeness (QED) is 0.632. The predicted octanol–water partition coefficient (Wildman–Crippen LogP) is 3.20. The second-order valence-electron chi connectivity index (χ2n) is 3.53. The van der Waals surface area contributed by atoms with Gasteiger partial charge in [0.1, 0.15) is 0 Å². The standard InChI is InChI=1S/C12H16O/c1-5-12(13)11-7-9(3)8(2)6-10(11)4/h6-7H,5H2,1-4H3. The van der Waals surface area contributed by atoms with E-state index in [9.17, 15) is 4.79 Å². The van der Waals surface area contributed by atoms with Gasteiger partial charge in [0.25, 0.3) is 0 Å². The van der Waals surface area contributed by atoms with Crippen molar-refractivity contribution in [3.05, 3.63) is 34.4 Å². The van der Waals surface area contributed by atoms with Crippen LogP contribution >= 0.6 is 0 Å². The van der Waals surface area contributed by atoms with Crippen molar-refractivity contribution in [3.8, 4) is 0 Å². The van der Waals surface area contributed by atoms with Crippen molar-refractivity contribution >= 4 is 5.78 Å². The average molecular weight is 176 g/mol. The molecule has 0 bridgehead atoms. The molecule has 0 saturated heterocycles. The monoisotopic (exact) mass is 176 g/mol. The second kappa shape index (κ2) is 3.73. The molecular weight excluding hydrogens is 160 g/mol. The first-order valence-electron chi connectivity index (χ1n) is 4.67. The first kappa shape index (κ1) is 9.97. The van der Waals surface area contributed by atoms with Crippen LogP contribution in [0.5, 0.6) is 0 Å². The number of rotatable bonds is 2. The van der Waals surface area contributed by atoms with Gasteiger partial charge in [-0.2, -0.15) is 0 Å². The third-order valence-corrected chi connectivity index (χ3v) is 2.46. The van der Waals surface area contributed by atoms with E-state index in [-0.39, 0.29) is 5.78 Å². The zero-order chi connectivity index (χ0) is 10.0. The van der Waals surface area contributed by atoms with E-state index in [0.717, 1.165) is 11.1 Å². The predicted molar refractivity (Wildman–Crippen MR) is 55.3 cm³/mol. The highest BCUT2D eigenvalue weighted by molar-refractivity contribution is 5.97. The zero-order valence-corrected chi connectivity index (χ0v) is 8.77. The molecule has 70 valence electrons. The number of Topliss-reactive ketones (excluding diaryl/α,β-unsaturated/α-hetero) is 1. The van der Waals surface area contributed by atoms with Crippen molar-refractivity contribution in [2.75, 3.05) is 0 Å². The Morgan fingerprint density at radius 1 is 1.08 bits per heavy atom. The van der Waals surface area contributed by atoms with Crippen LogP contribution < -0.4 is 0 Å². The Hall–Kier alpha value is -1.11. The van der Waals surface area contributed by atoms with Gasteiger partial charge in [-0.1, -0.05) is 13.0 Å². The Morgan fingerprint density at radius 3 is 2.15 bits per heavy atom. The van der Waals surface area contributed by atoms with Gasteiger partial charge < -0.3 is 0 Å². The molecule has 0 aromatic heterocycles. The van der Waals surface area contributed by atoms with Gasteiger partial charge in [-0.05, 0) is 43.5 Å². The van der Waals surface area contributed by atoms with Crippen molar-refractivity contribution in [2.45, 2.75) is 34.1 Å². The third-order valence-electron chi connectivity index (χ3n) is 2.46. The summed E-state index contributed by atoms with van der Waals surface area (Å²) in [6.07, 6.45) is 0.587. The van der Waals surface area contributed by atoms with Crippen LogP contribution in [0.2, 0.25) is 0 Å². The van der Waals surface area contributed by atoms with E-state index < -0.39 is 0 Å². The molecule has 13 heavy (non-hydrogen) atoms. The largest absolute Gasteiger partial charge is 0.294 e. The number of benzene rings is 1. The molecule has 1 rings (SSSR count). The fraction of sp³-hybridized carbons (Fsp3) is 0.417. The van der Waals surface area contributed by atoms with Gasteiger partial charge in [-0.25, -0.2) is 0 Å². The molecule has 0 N–H and O–H groups in total. The van der Waals surface area contributed by atoms with Crippen molar-refractivity contribution in [3.63, 3.8) is 0 Å². The fourth-order valence-electron chi connectivity index (χ4n) is 1.45. The summed E-state index contributed by atoms with van der Waals surface area (Å²) in [6.45, 7) is 8.01. The Bertz CT molecular complexity index is 337. The first-order valence-corrected chi connectivity index (χ1v) is 4.67. The highest BCUT2D eigenvalue weighted by Crippen LogP contribution is 2.16. The summed E-state index contributed by atoms with van der Waals surface area (Å²) < 4.78 is 0. The van der Waals surface area contributed by atoms with Gasteiger partial charge in [0, 0.05) is 12.0 Å². The van der Waals surface area contributed by atoms with Crippen molar-refractivity contribution in [2.24, 2.45) is 0 Å². The van der Waals surface area contributed by atoms with Crippen molar-refractivity contribution in [1.82, 2.24) is 0 Å². The van der Waals surface area contributed by atoms with Crippen LogP contribution in [0.4, 0.5) is 0 Å². The number of aryl methyl sites for hydroxylation is 3. The Balaban J connectivity index is 3.23. The number of ketones is 1. The maximum absolute atomic E-state index is 11.5. The molecule has 0 aliphatic rings. The third kappa shape index (κ3) is 1.97. The van der Waals surface area contributed by atoms with Gasteiger partial charge in [0.05, 0.1) is 0 Å². The first-order chi connectivity index (χ1) is 6.06. The Morgan fingerprint density at radius 2 is 1.62 bits per heavy atom. The summed E-state index contributed by atoms with van der Waals surface area (Å²) in [5.74, 6) is 0.237. The van der Waals surface area contributed by atoms with Crippen LogP contribution in [0.3, 0.4) is 0 Å². The highest BCUT2D eigenvalue weighted by atomic mass is 16.1. The van der Waals surface area contributed by atoms with E-state index in [1.807, 2.05) is 26.8 Å². The molecule has 0 unspecified atom stereocenters. The number of carbonyl (C=O) groups excluding carboxylic acids is 1. The average Bonchev–Trinajstić information content (AvgIpc) is 2.10. The molecular formula is C12H16O. The SMILES string of the molecule is CCC(=O)c1cc(C)c(C)cc1C. The summed E-state index contributed by atoms with van der Waals surface area (Å²) >= 11 is 0. The molecule has 1 aromatic carbocycles. The molecule has 1 heteroatoms. The van der Waals surface area contributed by atoms with Crippen LogP contribution in [0.25, 0.3) is 0 Å². The summed E-state index contributed by atoms with van der Waals surface area (Å²) in [6, 6.07) is 4.08. The summed E-state index contributed by atoms with van der Waals surface area (Å²) in [5, 5.41) is 0. The normalized spacial score (nSPS) is 10.2. The van der Waals surface area contributed by atoms with E-state index >= 15 is 0 Å². The van der Waals surface area contributed by atoms with E-state index in [1.165, 1.54) is 11.1 Å². The zero-order valence-electron chi connectivity index (χ0n) is 8.77. The maximum Gasteiger partial charge on any atom is 0.162 e. The molecule has 1 nitrogen and oxygen atoms in total. The van der Waals surface area contributed by atoms with Gasteiger partial charge in [0.15, 0.2) is 5.78 Å². The number of carbonyl (C=O) groups is 1. The molecule has 0 fully saturated rings. The molecule has 0 spiro atoms. The highest BCUT2D eigenvalue weighted by Gasteiger charge is 2.07. The lowest BCUT2D eigenvalue weighted by Gasteiger charge is -2.07. The van der Waals surface area contributed by atoms with E-state index in [2.05, 4.69) is 13.0 Å². The van der Waals surface area contributed by atoms with E-state index in [0.29, 0.717) is 6.42 Å². The van der Waals surface area contributed by atoms with Crippen LogP contribution in [0.15, 0.2) is 12.1 Å². The molecule has 1 aromatic rings.